The fourth-order valence-corrected chi connectivity index (χ4v) is 5.96. The Hall–Kier alpha value is -5.11. The van der Waals surface area contributed by atoms with E-state index in [0.717, 1.165) is 6.92 Å². The Kier molecular flexibility index (Phi) is 16.3. The van der Waals surface area contributed by atoms with Crippen LogP contribution in [0.2, 0.25) is 0 Å². The Morgan fingerprint density at radius 1 is 0.371 bits per heavy atom. The van der Waals surface area contributed by atoms with Crippen molar-refractivity contribution >= 4 is 0 Å². The summed E-state index contributed by atoms with van der Waals surface area (Å²) in [5.41, 5.74) is -6.73. The third-order valence-corrected chi connectivity index (χ3v) is 9.07. The van der Waals surface area contributed by atoms with E-state index in [0.29, 0.717) is 62.1 Å². The lowest BCUT2D eigenvalue weighted by Crippen LogP contribution is -2.25. The third-order valence-electron chi connectivity index (χ3n) is 9.07. The highest BCUT2D eigenvalue weighted by Gasteiger charge is 2.44. The normalized spacial score (nSPS) is 12.5. The number of benzene rings is 4. The van der Waals surface area contributed by atoms with Crippen LogP contribution < -0.4 is 18.9 Å². The summed E-state index contributed by atoms with van der Waals surface area (Å²) in [6.45, 7) is 0.681. The highest BCUT2D eigenvalue weighted by Crippen LogP contribution is 2.41. The lowest BCUT2D eigenvalue weighted by Gasteiger charge is -2.20. The molecule has 0 aliphatic heterocycles. The van der Waals surface area contributed by atoms with Crippen molar-refractivity contribution in [1.82, 2.24) is 0 Å². The molecule has 4 nitrogen and oxygen atoms in total. The first-order chi connectivity index (χ1) is 28.8. The smallest absolute Gasteiger partial charge is 0.432 e. The van der Waals surface area contributed by atoms with Gasteiger partial charge in [0.25, 0.3) is 0 Å². The molecule has 4 rings (SSSR count). The van der Waals surface area contributed by atoms with Gasteiger partial charge in [-0.1, -0.05) is 25.7 Å². The molecule has 0 amide bonds. The van der Waals surface area contributed by atoms with Crippen molar-refractivity contribution in [2.45, 2.75) is 95.4 Å². The third kappa shape index (κ3) is 13.4. The van der Waals surface area contributed by atoms with E-state index < -0.39 is 129 Å². The van der Waals surface area contributed by atoms with Crippen LogP contribution in [0.4, 0.5) is 74.6 Å². The van der Waals surface area contributed by atoms with Crippen LogP contribution in [0.1, 0.15) is 86.5 Å². The van der Waals surface area contributed by atoms with Crippen molar-refractivity contribution < 1.29 is 93.6 Å². The summed E-state index contributed by atoms with van der Waals surface area (Å²) in [5, 5.41) is 0. The second-order valence-corrected chi connectivity index (χ2v) is 13.9. The van der Waals surface area contributed by atoms with Gasteiger partial charge < -0.3 is 18.9 Å². The second-order valence-electron chi connectivity index (χ2n) is 13.9. The molecule has 0 spiro atoms. The maximum absolute atomic E-state index is 14.6. The van der Waals surface area contributed by atoms with Gasteiger partial charge in [0.15, 0.2) is 0 Å². The maximum Gasteiger partial charge on any atom is 0.432 e. The molecule has 0 saturated carbocycles. The van der Waals surface area contributed by atoms with Gasteiger partial charge in [0, 0.05) is 66.9 Å². The molecule has 0 aliphatic carbocycles. The van der Waals surface area contributed by atoms with Crippen LogP contribution in [0.5, 0.6) is 23.0 Å². The molecule has 0 atom stereocenters. The summed E-state index contributed by atoms with van der Waals surface area (Å²) >= 11 is 0. The fourth-order valence-electron chi connectivity index (χ4n) is 5.96. The van der Waals surface area contributed by atoms with Crippen LogP contribution in [-0.4, -0.2) is 19.1 Å². The number of hydrogen-bond acceptors (Lipinski definition) is 4. The molecule has 0 fully saturated rings. The summed E-state index contributed by atoms with van der Waals surface area (Å²) in [6.07, 6.45) is -14.1. The van der Waals surface area contributed by atoms with E-state index in [1.807, 2.05) is 0 Å². The minimum atomic E-state index is -5.52. The molecule has 62 heavy (non-hydrogen) atoms. The summed E-state index contributed by atoms with van der Waals surface area (Å²) < 4.78 is 257. The van der Waals surface area contributed by atoms with Gasteiger partial charge in [-0.05, 0) is 32.6 Å². The van der Waals surface area contributed by atoms with Crippen molar-refractivity contribution in [3.05, 3.63) is 117 Å². The molecule has 0 aromatic heterocycles. The molecule has 21 heteroatoms. The van der Waals surface area contributed by atoms with Crippen molar-refractivity contribution in [1.29, 1.82) is 0 Å². The minimum Gasteiger partial charge on any atom is -0.493 e. The van der Waals surface area contributed by atoms with E-state index in [2.05, 4.69) is 9.47 Å². The largest absolute Gasteiger partial charge is 0.493 e. The first-order valence-corrected chi connectivity index (χ1v) is 18.6. The van der Waals surface area contributed by atoms with Crippen LogP contribution >= 0.6 is 0 Å². The lowest BCUT2D eigenvalue weighted by atomic mass is 10.0. The Morgan fingerprint density at radius 2 is 0.661 bits per heavy atom. The van der Waals surface area contributed by atoms with E-state index >= 15 is 0 Å². The van der Waals surface area contributed by atoms with E-state index in [1.54, 1.807) is 0 Å². The Labute approximate surface area is 342 Å². The van der Waals surface area contributed by atoms with Gasteiger partial charge in [-0.2, -0.15) is 30.7 Å². The monoisotopic (exact) mass is 914 g/mol. The van der Waals surface area contributed by atoms with Crippen LogP contribution in [0.25, 0.3) is 0 Å². The molecule has 342 valence electrons. The van der Waals surface area contributed by atoms with E-state index in [-0.39, 0.29) is 51.0 Å². The van der Waals surface area contributed by atoms with Gasteiger partial charge >= 0.3 is 18.4 Å². The van der Waals surface area contributed by atoms with Crippen molar-refractivity contribution in [2.24, 2.45) is 0 Å². The van der Waals surface area contributed by atoms with E-state index in [4.69, 9.17) is 9.47 Å². The zero-order valence-corrected chi connectivity index (χ0v) is 32.2. The molecular formula is C41H35F17O4. The van der Waals surface area contributed by atoms with Gasteiger partial charge in [0.1, 0.15) is 86.2 Å². The highest BCUT2D eigenvalue weighted by atomic mass is 19.4. The molecule has 0 aliphatic rings. The second kappa shape index (κ2) is 20.4. The molecule has 4 aromatic rings. The Bertz CT molecular complexity index is 2060. The first kappa shape index (κ1) is 49.5. The standard InChI is InChI=1S/C41H35F17O4/c1-22-27(42)18-25(19-28(22)43)61-40(55,56)36-31(46)14-23(15-32(36)47)59-12-8-4-2-6-10-38(50,51)11-7-3-5-9-13-60-24-16-33(48)37(34(49)17-24)41(57,58)62-26-20-29(44)35(30(45)21-26)39(52,53)54/h14-21H,2-13H2,1H3. The molecule has 0 N–H and O–H groups in total. The van der Waals surface area contributed by atoms with Crippen LogP contribution in [0.15, 0.2) is 48.5 Å². The van der Waals surface area contributed by atoms with Crippen LogP contribution in [-0.2, 0) is 18.4 Å². The van der Waals surface area contributed by atoms with Crippen molar-refractivity contribution in [3.8, 4) is 23.0 Å². The molecule has 4 aromatic carbocycles. The molecule has 0 heterocycles. The Morgan fingerprint density at radius 3 is 1.00 bits per heavy atom. The van der Waals surface area contributed by atoms with Crippen molar-refractivity contribution in [2.75, 3.05) is 13.2 Å². The number of hydrogen-bond donors (Lipinski definition) is 0. The maximum atomic E-state index is 14.6. The summed E-state index contributed by atoms with van der Waals surface area (Å²) in [7, 11) is 0. The van der Waals surface area contributed by atoms with E-state index in [1.165, 1.54) is 0 Å². The quantitative estimate of drug-likeness (QED) is 0.0581. The molecule has 0 radical (unpaired) electrons. The Balaban J connectivity index is 1.11. The van der Waals surface area contributed by atoms with Gasteiger partial charge in [-0.15, -0.1) is 0 Å². The summed E-state index contributed by atoms with van der Waals surface area (Å²) in [4.78, 5) is 0. The molecule has 0 unspecified atom stereocenters. The minimum absolute atomic E-state index is 0.0909. The number of rotatable bonds is 22. The van der Waals surface area contributed by atoms with Gasteiger partial charge in [0.2, 0.25) is 5.92 Å². The van der Waals surface area contributed by atoms with Gasteiger partial charge in [-0.3, -0.25) is 0 Å². The summed E-state index contributed by atoms with van der Waals surface area (Å²) in [6, 6.07) is 1.99. The van der Waals surface area contributed by atoms with Gasteiger partial charge in [0.05, 0.1) is 13.2 Å². The predicted octanol–water partition coefficient (Wildman–Crippen LogP) is 14.4. The average Bonchev–Trinajstić information content (AvgIpc) is 3.10. The zero-order chi connectivity index (χ0) is 46.2. The van der Waals surface area contributed by atoms with Gasteiger partial charge in [-0.25, -0.2) is 43.9 Å². The molecule has 0 bridgehead atoms. The van der Waals surface area contributed by atoms with Crippen molar-refractivity contribution in [3.63, 3.8) is 0 Å². The number of alkyl halides is 9. The zero-order valence-electron chi connectivity index (χ0n) is 32.2. The molecular weight excluding hydrogens is 879 g/mol. The number of ether oxygens (including phenoxy) is 4. The highest BCUT2D eigenvalue weighted by molar-refractivity contribution is 5.37. The lowest BCUT2D eigenvalue weighted by molar-refractivity contribution is -0.190. The fraction of sp³-hybridized carbons (Fsp3) is 0.415. The summed E-state index contributed by atoms with van der Waals surface area (Å²) in [5.74, 6) is -21.0. The topological polar surface area (TPSA) is 36.9 Å². The number of halogens is 17. The predicted molar refractivity (Wildman–Crippen MR) is 186 cm³/mol. The number of unbranched alkanes of at least 4 members (excludes halogenated alkanes) is 6. The SMILES string of the molecule is Cc1c(F)cc(OC(F)(F)c2c(F)cc(OCCCCCCC(F)(F)CCCCCCOc3cc(F)c(C(F)(F)Oc4cc(F)c(C(F)(F)F)c(F)c4)c(F)c3)cc2F)cc1F. The molecule has 0 saturated heterocycles. The van der Waals surface area contributed by atoms with Crippen LogP contribution in [0.3, 0.4) is 0 Å². The van der Waals surface area contributed by atoms with Crippen LogP contribution in [0, 0.1) is 53.5 Å². The average molecular weight is 915 g/mol. The first-order valence-electron chi connectivity index (χ1n) is 18.6. The van der Waals surface area contributed by atoms with E-state index in [9.17, 15) is 74.6 Å².